The molecule has 8 heteroatoms. The number of thioether (sulfide) groups is 1. The first kappa shape index (κ1) is 25.1. The van der Waals surface area contributed by atoms with Gasteiger partial charge in [-0.25, -0.2) is 0 Å². The monoisotopic (exact) mass is 486 g/mol. The molecule has 4 rings (SSSR count). The summed E-state index contributed by atoms with van der Waals surface area (Å²) in [6, 6.07) is 7.82. The Kier molecular flexibility index (Phi) is 9.30. The van der Waals surface area contributed by atoms with Crippen LogP contribution in [0.2, 0.25) is 0 Å². The van der Waals surface area contributed by atoms with Crippen molar-refractivity contribution in [3.05, 3.63) is 40.5 Å². The number of allylic oxidation sites excluding steroid dienone is 1. The van der Waals surface area contributed by atoms with Crippen LogP contribution in [0.1, 0.15) is 55.8 Å². The Hall–Kier alpha value is -2.03. The second-order valence-electron chi connectivity index (χ2n) is 9.39. The standard InChI is InChI=1S/C26H38N4O3S/c1-20-24(34-19-18-33-20)26(32)28-22-8-6-21(7-9-22)25(31)27-12-5-13-29-16-10-23(11-17-29)30-14-3-2-4-15-30/h6-9,23H,2-5,10-19H2,1H3,(H,27,31)(H,28,32). The Balaban J connectivity index is 1.13. The molecule has 0 saturated carbocycles. The maximum atomic E-state index is 12.5. The average molecular weight is 487 g/mol. The van der Waals surface area contributed by atoms with E-state index in [1.165, 1.54) is 70.0 Å². The SMILES string of the molecule is CC1=C(C(=O)Nc2ccc(C(=O)NCCCN3CCC(N4CCCCC4)CC3)cc2)SCCO1. The summed E-state index contributed by atoms with van der Waals surface area (Å²) in [4.78, 5) is 30.8. The third-order valence-electron chi connectivity index (χ3n) is 6.98. The Morgan fingerprint density at radius 3 is 2.47 bits per heavy atom. The molecule has 2 saturated heterocycles. The summed E-state index contributed by atoms with van der Waals surface area (Å²) >= 11 is 1.51. The maximum Gasteiger partial charge on any atom is 0.265 e. The van der Waals surface area contributed by atoms with E-state index in [0.717, 1.165) is 24.8 Å². The summed E-state index contributed by atoms with van der Waals surface area (Å²) in [5.41, 5.74) is 1.27. The molecular formula is C26H38N4O3S. The van der Waals surface area contributed by atoms with Crippen LogP contribution >= 0.6 is 11.8 Å². The number of anilines is 1. The van der Waals surface area contributed by atoms with E-state index in [9.17, 15) is 9.59 Å². The molecule has 0 atom stereocenters. The van der Waals surface area contributed by atoms with Crippen LogP contribution in [0.5, 0.6) is 0 Å². The summed E-state index contributed by atoms with van der Waals surface area (Å²) in [7, 11) is 0. The number of piperidine rings is 2. The van der Waals surface area contributed by atoms with Gasteiger partial charge in [0, 0.05) is 29.6 Å². The molecule has 0 bridgehead atoms. The van der Waals surface area contributed by atoms with Crippen LogP contribution in [0.15, 0.2) is 34.9 Å². The summed E-state index contributed by atoms with van der Waals surface area (Å²) < 4.78 is 5.46. The second kappa shape index (κ2) is 12.6. The molecule has 0 unspecified atom stereocenters. The highest BCUT2D eigenvalue weighted by molar-refractivity contribution is 8.04. The zero-order chi connectivity index (χ0) is 23.8. The molecule has 0 radical (unpaired) electrons. The van der Waals surface area contributed by atoms with Crippen LogP contribution in [0.4, 0.5) is 5.69 Å². The molecule has 2 fully saturated rings. The molecule has 34 heavy (non-hydrogen) atoms. The second-order valence-corrected chi connectivity index (χ2v) is 10.5. The molecule has 2 N–H and O–H groups in total. The zero-order valence-corrected chi connectivity index (χ0v) is 21.1. The average Bonchev–Trinajstić information content (AvgIpc) is 2.88. The van der Waals surface area contributed by atoms with Crippen molar-refractivity contribution < 1.29 is 14.3 Å². The summed E-state index contributed by atoms with van der Waals surface area (Å²) in [6.07, 6.45) is 7.64. The Morgan fingerprint density at radius 1 is 1.03 bits per heavy atom. The van der Waals surface area contributed by atoms with Gasteiger partial charge in [-0.1, -0.05) is 6.42 Å². The number of benzene rings is 1. The van der Waals surface area contributed by atoms with E-state index in [0.29, 0.717) is 35.1 Å². The van der Waals surface area contributed by atoms with Crippen LogP contribution < -0.4 is 10.6 Å². The highest BCUT2D eigenvalue weighted by atomic mass is 32.2. The Morgan fingerprint density at radius 2 is 1.76 bits per heavy atom. The fourth-order valence-electron chi connectivity index (χ4n) is 5.02. The van der Waals surface area contributed by atoms with Crippen LogP contribution in [-0.4, -0.2) is 79.3 Å². The summed E-state index contributed by atoms with van der Waals surface area (Å²) in [5, 5.41) is 5.91. The maximum absolute atomic E-state index is 12.5. The van der Waals surface area contributed by atoms with Crippen molar-refractivity contribution in [3.8, 4) is 0 Å². The van der Waals surface area contributed by atoms with Gasteiger partial charge >= 0.3 is 0 Å². The van der Waals surface area contributed by atoms with Gasteiger partial charge in [-0.15, -0.1) is 11.8 Å². The van der Waals surface area contributed by atoms with Crippen molar-refractivity contribution in [2.24, 2.45) is 0 Å². The molecule has 3 aliphatic rings. The van der Waals surface area contributed by atoms with Crippen LogP contribution in [-0.2, 0) is 9.53 Å². The number of carbonyl (C=O) groups is 2. The summed E-state index contributed by atoms with van der Waals surface area (Å²) in [6.45, 7) is 9.07. The van der Waals surface area contributed by atoms with Gasteiger partial charge < -0.3 is 25.2 Å². The summed E-state index contributed by atoms with van der Waals surface area (Å²) in [5.74, 6) is 1.20. The van der Waals surface area contributed by atoms with Crippen molar-refractivity contribution in [2.45, 2.75) is 51.5 Å². The Labute approximate surface area is 207 Å². The van der Waals surface area contributed by atoms with E-state index < -0.39 is 0 Å². The van der Waals surface area contributed by atoms with Gasteiger partial charge in [0.25, 0.3) is 11.8 Å². The van der Waals surface area contributed by atoms with Crippen molar-refractivity contribution in [1.29, 1.82) is 0 Å². The molecule has 186 valence electrons. The number of likely N-dealkylation sites (tertiary alicyclic amines) is 2. The lowest BCUT2D eigenvalue weighted by Crippen LogP contribution is -2.47. The van der Waals surface area contributed by atoms with Gasteiger partial charge in [-0.05, 0) is 96.0 Å². The quantitative estimate of drug-likeness (QED) is 0.546. The first-order valence-corrected chi connectivity index (χ1v) is 13.7. The van der Waals surface area contributed by atoms with Gasteiger partial charge in [0.1, 0.15) is 10.7 Å². The molecule has 3 aliphatic heterocycles. The van der Waals surface area contributed by atoms with Gasteiger partial charge in [0.15, 0.2) is 0 Å². The fraction of sp³-hybridized carbons (Fsp3) is 0.615. The minimum Gasteiger partial charge on any atom is -0.496 e. The lowest BCUT2D eigenvalue weighted by Gasteiger charge is -2.40. The van der Waals surface area contributed by atoms with Crippen molar-refractivity contribution in [1.82, 2.24) is 15.1 Å². The van der Waals surface area contributed by atoms with Crippen LogP contribution in [0.25, 0.3) is 0 Å². The predicted octanol–water partition coefficient (Wildman–Crippen LogP) is 3.69. The molecule has 0 aliphatic carbocycles. The van der Waals surface area contributed by atoms with E-state index in [-0.39, 0.29) is 11.8 Å². The molecule has 0 spiro atoms. The zero-order valence-electron chi connectivity index (χ0n) is 20.3. The number of amides is 2. The smallest absolute Gasteiger partial charge is 0.265 e. The third kappa shape index (κ3) is 6.99. The minimum atomic E-state index is -0.167. The van der Waals surface area contributed by atoms with E-state index in [4.69, 9.17) is 4.74 Å². The number of carbonyl (C=O) groups excluding carboxylic acids is 2. The molecule has 1 aromatic carbocycles. The van der Waals surface area contributed by atoms with E-state index in [2.05, 4.69) is 20.4 Å². The number of nitrogens with one attached hydrogen (secondary N) is 2. The minimum absolute atomic E-state index is 0.0727. The lowest BCUT2D eigenvalue weighted by molar-refractivity contribution is -0.112. The predicted molar refractivity (Wildman–Crippen MR) is 138 cm³/mol. The lowest BCUT2D eigenvalue weighted by atomic mass is 10.00. The first-order chi connectivity index (χ1) is 16.6. The molecule has 7 nitrogen and oxygen atoms in total. The number of nitrogens with zero attached hydrogens (tertiary/aromatic N) is 2. The number of rotatable bonds is 8. The number of hydrogen-bond donors (Lipinski definition) is 2. The largest absolute Gasteiger partial charge is 0.496 e. The van der Waals surface area contributed by atoms with Crippen LogP contribution in [0, 0.1) is 0 Å². The topological polar surface area (TPSA) is 73.9 Å². The van der Waals surface area contributed by atoms with Gasteiger partial charge in [0.05, 0.1) is 6.61 Å². The molecule has 3 heterocycles. The molecule has 0 aromatic heterocycles. The highest BCUT2D eigenvalue weighted by Crippen LogP contribution is 2.26. The third-order valence-corrected chi connectivity index (χ3v) is 8.11. The van der Waals surface area contributed by atoms with Crippen molar-refractivity contribution in [3.63, 3.8) is 0 Å². The van der Waals surface area contributed by atoms with E-state index >= 15 is 0 Å². The van der Waals surface area contributed by atoms with Gasteiger partial charge in [0.2, 0.25) is 0 Å². The number of ether oxygens (including phenoxy) is 1. The number of hydrogen-bond acceptors (Lipinski definition) is 6. The van der Waals surface area contributed by atoms with E-state index in [1.54, 1.807) is 24.3 Å². The Bertz CT molecular complexity index is 859. The highest BCUT2D eigenvalue weighted by Gasteiger charge is 2.25. The van der Waals surface area contributed by atoms with Crippen molar-refractivity contribution in [2.75, 3.05) is 56.9 Å². The molecule has 1 aromatic rings. The van der Waals surface area contributed by atoms with Crippen molar-refractivity contribution >= 4 is 29.3 Å². The first-order valence-electron chi connectivity index (χ1n) is 12.7. The van der Waals surface area contributed by atoms with Gasteiger partial charge in [-0.3, -0.25) is 9.59 Å². The van der Waals surface area contributed by atoms with Crippen LogP contribution in [0.3, 0.4) is 0 Å². The van der Waals surface area contributed by atoms with Gasteiger partial charge in [-0.2, -0.15) is 0 Å². The normalized spacial score (nSPS) is 20.6. The van der Waals surface area contributed by atoms with E-state index in [1.807, 2.05) is 6.92 Å². The molecular weight excluding hydrogens is 448 g/mol. The molecule has 2 amide bonds. The fourth-order valence-corrected chi connectivity index (χ4v) is 5.84.